The molecule has 0 atom stereocenters. The molecule has 2 heterocycles. The van der Waals surface area contributed by atoms with Gasteiger partial charge in [-0.15, -0.1) is 10.2 Å². The molecule has 1 aliphatic heterocycles. The summed E-state index contributed by atoms with van der Waals surface area (Å²) in [7, 11) is 0. The number of hydrogen-bond acceptors (Lipinski definition) is 3. The van der Waals surface area contributed by atoms with E-state index in [-0.39, 0.29) is 12.2 Å². The Hall–Kier alpha value is -2.05. The van der Waals surface area contributed by atoms with Gasteiger partial charge in [-0.3, -0.25) is 0 Å². The summed E-state index contributed by atoms with van der Waals surface area (Å²) in [6.45, 7) is 0.959. The SMILES string of the molecule is Fc1cc(F)c(NCc2nnc3n2CCCC3)c(F)c1. The molecule has 1 aliphatic rings. The van der Waals surface area contributed by atoms with Crippen molar-refractivity contribution in [2.45, 2.75) is 32.4 Å². The zero-order chi connectivity index (χ0) is 14.1. The molecule has 0 unspecified atom stereocenters. The Morgan fingerprint density at radius 2 is 1.85 bits per heavy atom. The first kappa shape index (κ1) is 13.0. The Morgan fingerprint density at radius 3 is 2.60 bits per heavy atom. The maximum absolute atomic E-state index is 13.5. The largest absolute Gasteiger partial charge is 0.373 e. The van der Waals surface area contributed by atoms with Gasteiger partial charge in [-0.25, -0.2) is 13.2 Å². The van der Waals surface area contributed by atoms with Crippen LogP contribution in [0.5, 0.6) is 0 Å². The second-order valence-electron chi connectivity index (χ2n) is 4.74. The molecule has 0 amide bonds. The van der Waals surface area contributed by atoms with E-state index in [1.54, 1.807) is 0 Å². The molecule has 1 N–H and O–H groups in total. The van der Waals surface area contributed by atoms with Crippen LogP contribution in [0.2, 0.25) is 0 Å². The summed E-state index contributed by atoms with van der Waals surface area (Å²) in [6.07, 6.45) is 2.98. The fourth-order valence-corrected chi connectivity index (χ4v) is 2.38. The molecule has 0 radical (unpaired) electrons. The predicted molar refractivity (Wildman–Crippen MR) is 66.6 cm³/mol. The lowest BCUT2D eigenvalue weighted by atomic mass is 10.2. The molecule has 1 aromatic carbocycles. The zero-order valence-electron chi connectivity index (χ0n) is 10.7. The number of aryl methyl sites for hydroxylation is 1. The number of aromatic nitrogens is 3. The molecular formula is C13H13F3N4. The molecule has 4 nitrogen and oxygen atoms in total. The van der Waals surface area contributed by atoms with Crippen LogP contribution in [0.15, 0.2) is 12.1 Å². The van der Waals surface area contributed by atoms with Gasteiger partial charge in [-0.05, 0) is 12.8 Å². The molecule has 1 aromatic heterocycles. The van der Waals surface area contributed by atoms with E-state index in [0.717, 1.165) is 31.6 Å². The molecule has 0 aliphatic carbocycles. The number of rotatable bonds is 3. The van der Waals surface area contributed by atoms with Crippen molar-refractivity contribution in [1.82, 2.24) is 14.8 Å². The van der Waals surface area contributed by atoms with Gasteiger partial charge in [0.15, 0.2) is 17.5 Å². The van der Waals surface area contributed by atoms with Crippen LogP contribution in [0, 0.1) is 17.5 Å². The molecule has 0 fully saturated rings. The van der Waals surface area contributed by atoms with Gasteiger partial charge in [0.2, 0.25) is 0 Å². The molecule has 106 valence electrons. The van der Waals surface area contributed by atoms with Crippen LogP contribution in [0.4, 0.5) is 18.9 Å². The fourth-order valence-electron chi connectivity index (χ4n) is 2.38. The number of hydrogen-bond donors (Lipinski definition) is 1. The van der Waals surface area contributed by atoms with Gasteiger partial charge in [0, 0.05) is 25.1 Å². The second-order valence-corrected chi connectivity index (χ2v) is 4.74. The van der Waals surface area contributed by atoms with E-state index in [4.69, 9.17) is 0 Å². The van der Waals surface area contributed by atoms with Crippen LogP contribution in [0.3, 0.4) is 0 Å². The smallest absolute Gasteiger partial charge is 0.152 e. The molecule has 20 heavy (non-hydrogen) atoms. The van der Waals surface area contributed by atoms with E-state index in [0.29, 0.717) is 18.0 Å². The average molecular weight is 282 g/mol. The maximum Gasteiger partial charge on any atom is 0.152 e. The van der Waals surface area contributed by atoms with E-state index in [2.05, 4.69) is 15.5 Å². The minimum Gasteiger partial charge on any atom is -0.373 e. The van der Waals surface area contributed by atoms with Gasteiger partial charge in [0.05, 0.1) is 6.54 Å². The first-order chi connectivity index (χ1) is 9.65. The third-order valence-corrected chi connectivity index (χ3v) is 3.37. The Morgan fingerprint density at radius 1 is 1.10 bits per heavy atom. The number of nitrogens with zero attached hydrogens (tertiary/aromatic N) is 3. The highest BCUT2D eigenvalue weighted by atomic mass is 19.1. The van der Waals surface area contributed by atoms with E-state index >= 15 is 0 Å². The first-order valence-electron chi connectivity index (χ1n) is 6.44. The Kier molecular flexibility index (Phi) is 3.33. The molecule has 0 spiro atoms. The quantitative estimate of drug-likeness (QED) is 0.941. The third kappa shape index (κ3) is 2.35. The van der Waals surface area contributed by atoms with Crippen LogP contribution in [-0.4, -0.2) is 14.8 Å². The van der Waals surface area contributed by atoms with Crippen molar-refractivity contribution >= 4 is 5.69 Å². The highest BCUT2D eigenvalue weighted by Gasteiger charge is 2.17. The van der Waals surface area contributed by atoms with Crippen molar-refractivity contribution in [3.63, 3.8) is 0 Å². The van der Waals surface area contributed by atoms with E-state index < -0.39 is 17.5 Å². The van der Waals surface area contributed by atoms with E-state index in [1.807, 2.05) is 4.57 Å². The molecule has 0 bridgehead atoms. The van der Waals surface area contributed by atoms with Gasteiger partial charge < -0.3 is 9.88 Å². The van der Waals surface area contributed by atoms with Gasteiger partial charge >= 0.3 is 0 Å². The Bertz CT molecular complexity index is 616. The summed E-state index contributed by atoms with van der Waals surface area (Å²) < 4.78 is 41.8. The third-order valence-electron chi connectivity index (χ3n) is 3.37. The van der Waals surface area contributed by atoms with Gasteiger partial charge in [-0.1, -0.05) is 0 Å². The predicted octanol–water partition coefficient (Wildman–Crippen LogP) is 2.64. The normalized spacial score (nSPS) is 14.2. The Labute approximate surface area is 113 Å². The standard InChI is InChI=1S/C13H13F3N4/c14-8-5-9(15)13(10(16)6-8)17-7-12-19-18-11-3-1-2-4-20(11)12/h5-6,17H,1-4,7H2. The summed E-state index contributed by atoms with van der Waals surface area (Å²) in [5.41, 5.74) is -0.348. The lowest BCUT2D eigenvalue weighted by Gasteiger charge is -2.15. The number of anilines is 1. The Balaban J connectivity index is 1.79. The molecule has 7 heteroatoms. The maximum atomic E-state index is 13.5. The van der Waals surface area contributed by atoms with Crippen molar-refractivity contribution in [3.8, 4) is 0 Å². The van der Waals surface area contributed by atoms with Gasteiger partial charge in [0.1, 0.15) is 17.3 Å². The van der Waals surface area contributed by atoms with Crippen LogP contribution in [-0.2, 0) is 19.5 Å². The van der Waals surface area contributed by atoms with Gasteiger partial charge in [-0.2, -0.15) is 0 Å². The van der Waals surface area contributed by atoms with Crippen molar-refractivity contribution in [2.75, 3.05) is 5.32 Å². The van der Waals surface area contributed by atoms with Crippen LogP contribution < -0.4 is 5.32 Å². The summed E-state index contributed by atoms with van der Waals surface area (Å²) in [5.74, 6) is -1.33. The lowest BCUT2D eigenvalue weighted by Crippen LogP contribution is -2.15. The summed E-state index contributed by atoms with van der Waals surface area (Å²) in [6, 6.07) is 1.29. The summed E-state index contributed by atoms with van der Waals surface area (Å²) in [4.78, 5) is 0. The van der Waals surface area contributed by atoms with Crippen molar-refractivity contribution in [2.24, 2.45) is 0 Å². The fraction of sp³-hybridized carbons (Fsp3) is 0.385. The minimum atomic E-state index is -0.958. The zero-order valence-corrected chi connectivity index (χ0v) is 10.7. The monoisotopic (exact) mass is 282 g/mol. The van der Waals surface area contributed by atoms with Gasteiger partial charge in [0.25, 0.3) is 0 Å². The number of nitrogens with one attached hydrogen (secondary N) is 1. The lowest BCUT2D eigenvalue weighted by molar-refractivity contribution is 0.508. The van der Waals surface area contributed by atoms with Crippen molar-refractivity contribution < 1.29 is 13.2 Å². The minimum absolute atomic E-state index is 0.145. The molecule has 3 rings (SSSR count). The highest BCUT2D eigenvalue weighted by Crippen LogP contribution is 2.21. The molecule has 2 aromatic rings. The van der Waals surface area contributed by atoms with Crippen LogP contribution >= 0.6 is 0 Å². The summed E-state index contributed by atoms with van der Waals surface area (Å²) >= 11 is 0. The number of benzene rings is 1. The number of fused-ring (bicyclic) bond motifs is 1. The van der Waals surface area contributed by atoms with Crippen molar-refractivity contribution in [1.29, 1.82) is 0 Å². The topological polar surface area (TPSA) is 42.7 Å². The molecule has 0 saturated heterocycles. The van der Waals surface area contributed by atoms with Crippen LogP contribution in [0.25, 0.3) is 0 Å². The highest BCUT2D eigenvalue weighted by molar-refractivity contribution is 5.46. The second kappa shape index (κ2) is 5.15. The van der Waals surface area contributed by atoms with E-state index in [9.17, 15) is 13.2 Å². The van der Waals surface area contributed by atoms with Crippen molar-refractivity contribution in [3.05, 3.63) is 41.2 Å². The summed E-state index contributed by atoms with van der Waals surface area (Å²) in [5, 5.41) is 10.7. The molecular weight excluding hydrogens is 269 g/mol. The first-order valence-corrected chi connectivity index (χ1v) is 6.44. The van der Waals surface area contributed by atoms with Crippen LogP contribution in [0.1, 0.15) is 24.5 Å². The number of halogens is 3. The molecule has 0 saturated carbocycles. The average Bonchev–Trinajstić information content (AvgIpc) is 2.81. The van der Waals surface area contributed by atoms with E-state index in [1.165, 1.54) is 0 Å².